The third kappa shape index (κ3) is 7.41. The zero-order chi connectivity index (χ0) is 24.3. The summed E-state index contributed by atoms with van der Waals surface area (Å²) in [6, 6.07) is 19.9. The molecule has 9 heteroatoms. The first kappa shape index (κ1) is 24.9. The maximum atomic E-state index is 13.1. The largest absolute Gasteiger partial charge is 0.456 e. The molecule has 0 aliphatic carbocycles. The van der Waals surface area contributed by atoms with E-state index < -0.39 is 18.2 Å². The Hall–Kier alpha value is -3.72. The zero-order valence-corrected chi connectivity index (χ0v) is 20.1. The fraction of sp³-hybridized carbons (Fsp3) is 0.200. The topological polar surface area (TPSA) is 97.8 Å². The monoisotopic (exact) mass is 525 g/mol. The minimum atomic E-state index is -0.683. The van der Waals surface area contributed by atoms with Gasteiger partial charge in [-0.1, -0.05) is 48.5 Å². The normalized spacial score (nSPS) is 11.2. The molecule has 1 N–H and O–H groups in total. The van der Waals surface area contributed by atoms with Crippen LogP contribution in [0.4, 0.5) is 10.5 Å². The number of esters is 1. The average Bonchev–Trinajstić information content (AvgIpc) is 2.85. The van der Waals surface area contributed by atoms with Crippen molar-refractivity contribution in [1.82, 2.24) is 10.3 Å². The van der Waals surface area contributed by atoms with E-state index >= 15 is 0 Å². The molecule has 1 unspecified atom stereocenters. The number of anilines is 1. The lowest BCUT2D eigenvalue weighted by Gasteiger charge is -2.23. The molecule has 1 heterocycles. The van der Waals surface area contributed by atoms with Crippen LogP contribution in [0.15, 0.2) is 83.6 Å². The molecule has 0 aliphatic rings. The smallest absolute Gasteiger partial charge is 0.407 e. The van der Waals surface area contributed by atoms with E-state index in [9.17, 15) is 14.4 Å². The van der Waals surface area contributed by atoms with E-state index in [0.29, 0.717) is 15.7 Å². The summed E-state index contributed by atoms with van der Waals surface area (Å²) in [6.07, 6.45) is 1.75. The molecule has 2 aromatic carbocycles. The highest BCUT2D eigenvalue weighted by atomic mass is 79.9. The first-order valence-electron chi connectivity index (χ1n) is 10.5. The van der Waals surface area contributed by atoms with Crippen LogP contribution in [0.1, 0.15) is 28.9 Å². The second-order valence-corrected chi connectivity index (χ2v) is 8.13. The van der Waals surface area contributed by atoms with Gasteiger partial charge >= 0.3 is 12.1 Å². The number of pyridine rings is 1. The number of aromatic nitrogens is 1. The maximum absolute atomic E-state index is 13.1. The Morgan fingerprint density at radius 1 is 1.03 bits per heavy atom. The van der Waals surface area contributed by atoms with Gasteiger partial charge < -0.3 is 19.7 Å². The van der Waals surface area contributed by atoms with Crippen LogP contribution in [0.3, 0.4) is 0 Å². The van der Waals surface area contributed by atoms with Crippen molar-refractivity contribution in [2.75, 3.05) is 24.6 Å². The number of hydrogen-bond acceptors (Lipinski definition) is 6. The number of benzene rings is 2. The van der Waals surface area contributed by atoms with Crippen LogP contribution in [-0.4, -0.2) is 42.7 Å². The van der Waals surface area contributed by atoms with Crippen molar-refractivity contribution in [3.05, 3.63) is 94.7 Å². The zero-order valence-electron chi connectivity index (χ0n) is 18.5. The standard InChI is InChI=1S/C25H24BrN3O5/c1-18(30)34-23(19-8-4-2-5-9-19)17-28-25(32)33-13-12-29(22-10-6-3-7-11-22)24(31)20-14-21(26)16-27-15-20/h2-11,14-16,23H,12-13,17H2,1H3,(H,28,32). The van der Waals surface area contributed by atoms with Gasteiger partial charge in [-0.2, -0.15) is 0 Å². The third-order valence-electron chi connectivity index (χ3n) is 4.72. The van der Waals surface area contributed by atoms with Gasteiger partial charge in [0.15, 0.2) is 0 Å². The minimum absolute atomic E-state index is 0.0442. The van der Waals surface area contributed by atoms with Gasteiger partial charge in [-0.05, 0) is 39.7 Å². The van der Waals surface area contributed by atoms with E-state index in [4.69, 9.17) is 9.47 Å². The van der Waals surface area contributed by atoms with Gasteiger partial charge in [0.25, 0.3) is 5.91 Å². The van der Waals surface area contributed by atoms with Crippen LogP contribution in [0.5, 0.6) is 0 Å². The van der Waals surface area contributed by atoms with Crippen LogP contribution in [0.25, 0.3) is 0 Å². The molecule has 1 atom stereocenters. The Morgan fingerprint density at radius 2 is 1.71 bits per heavy atom. The highest BCUT2D eigenvalue weighted by Gasteiger charge is 2.20. The Bertz CT molecular complexity index is 1110. The Balaban J connectivity index is 1.59. The number of ether oxygens (including phenoxy) is 2. The third-order valence-corrected chi connectivity index (χ3v) is 5.16. The number of hydrogen-bond donors (Lipinski definition) is 1. The molecule has 0 aliphatic heterocycles. The fourth-order valence-corrected chi connectivity index (χ4v) is 3.56. The number of nitrogens with one attached hydrogen (secondary N) is 1. The second-order valence-electron chi connectivity index (χ2n) is 7.21. The van der Waals surface area contributed by atoms with Crippen LogP contribution < -0.4 is 10.2 Å². The van der Waals surface area contributed by atoms with Gasteiger partial charge in [0, 0.05) is 29.5 Å². The first-order valence-corrected chi connectivity index (χ1v) is 11.3. The van der Waals surface area contributed by atoms with Crippen LogP contribution >= 0.6 is 15.9 Å². The van der Waals surface area contributed by atoms with Crippen molar-refractivity contribution in [2.45, 2.75) is 13.0 Å². The van der Waals surface area contributed by atoms with Crippen molar-refractivity contribution >= 4 is 39.6 Å². The molecule has 3 aromatic rings. The van der Waals surface area contributed by atoms with E-state index in [1.54, 1.807) is 36.5 Å². The Labute approximate surface area is 206 Å². The van der Waals surface area contributed by atoms with Crippen LogP contribution in [0, 0.1) is 0 Å². The van der Waals surface area contributed by atoms with E-state index in [2.05, 4.69) is 26.2 Å². The maximum Gasteiger partial charge on any atom is 0.407 e. The average molecular weight is 526 g/mol. The number of halogens is 1. The summed E-state index contributed by atoms with van der Waals surface area (Å²) in [5, 5.41) is 2.61. The summed E-state index contributed by atoms with van der Waals surface area (Å²) in [4.78, 5) is 42.4. The number of carbonyl (C=O) groups excluding carboxylic acids is 3. The van der Waals surface area contributed by atoms with Crippen LogP contribution in [0.2, 0.25) is 0 Å². The molecule has 8 nitrogen and oxygen atoms in total. The number of rotatable bonds is 9. The van der Waals surface area contributed by atoms with Gasteiger partial charge in [0.2, 0.25) is 0 Å². The van der Waals surface area contributed by atoms with Gasteiger partial charge in [-0.25, -0.2) is 4.79 Å². The number of nitrogens with zero attached hydrogens (tertiary/aromatic N) is 2. The lowest BCUT2D eigenvalue weighted by Crippen LogP contribution is -2.36. The Morgan fingerprint density at radius 3 is 2.35 bits per heavy atom. The summed E-state index contributed by atoms with van der Waals surface area (Å²) in [6.45, 7) is 1.45. The molecule has 1 aromatic heterocycles. The molecule has 0 spiro atoms. The van der Waals surface area contributed by atoms with Gasteiger partial charge in [-0.3, -0.25) is 14.6 Å². The van der Waals surface area contributed by atoms with Crippen molar-refractivity contribution in [3.8, 4) is 0 Å². The summed E-state index contributed by atoms with van der Waals surface area (Å²) in [5.74, 6) is -0.730. The summed E-state index contributed by atoms with van der Waals surface area (Å²) in [7, 11) is 0. The second kappa shape index (κ2) is 12.5. The quantitative estimate of drug-likeness (QED) is 0.412. The Kier molecular flexibility index (Phi) is 9.16. The van der Waals surface area contributed by atoms with E-state index in [1.165, 1.54) is 18.0 Å². The molecule has 34 heavy (non-hydrogen) atoms. The van der Waals surface area contributed by atoms with E-state index in [-0.39, 0.29) is 25.6 Å². The van der Waals surface area contributed by atoms with Crippen molar-refractivity contribution in [1.29, 1.82) is 0 Å². The molecule has 0 fully saturated rings. The molecule has 0 radical (unpaired) electrons. The summed E-state index contributed by atoms with van der Waals surface area (Å²) >= 11 is 3.33. The highest BCUT2D eigenvalue weighted by molar-refractivity contribution is 9.10. The number of alkyl carbamates (subject to hydrolysis) is 1. The van der Waals surface area contributed by atoms with Crippen molar-refractivity contribution in [3.63, 3.8) is 0 Å². The molecular weight excluding hydrogens is 502 g/mol. The van der Waals surface area contributed by atoms with Gasteiger partial charge in [0.1, 0.15) is 12.7 Å². The molecule has 0 saturated heterocycles. The fourth-order valence-electron chi connectivity index (χ4n) is 3.19. The van der Waals surface area contributed by atoms with Gasteiger partial charge in [0.05, 0.1) is 18.7 Å². The predicted molar refractivity (Wildman–Crippen MR) is 130 cm³/mol. The summed E-state index contributed by atoms with van der Waals surface area (Å²) < 4.78 is 11.3. The number of amides is 2. The predicted octanol–water partition coefficient (Wildman–Crippen LogP) is 4.52. The molecule has 176 valence electrons. The number of para-hydroxylation sites is 1. The summed E-state index contributed by atoms with van der Waals surface area (Å²) in [5.41, 5.74) is 1.81. The molecular formula is C25H24BrN3O5. The first-order chi connectivity index (χ1) is 16.4. The highest BCUT2D eigenvalue weighted by Crippen LogP contribution is 2.19. The molecule has 0 saturated carbocycles. The minimum Gasteiger partial charge on any atom is -0.456 e. The van der Waals surface area contributed by atoms with Crippen LogP contribution in [-0.2, 0) is 14.3 Å². The van der Waals surface area contributed by atoms with E-state index in [1.807, 2.05) is 36.4 Å². The van der Waals surface area contributed by atoms with Crippen molar-refractivity contribution in [2.24, 2.45) is 0 Å². The molecule has 3 rings (SSSR count). The number of carbonyl (C=O) groups is 3. The molecule has 2 amide bonds. The SMILES string of the molecule is CC(=O)OC(CNC(=O)OCCN(C(=O)c1cncc(Br)c1)c1ccccc1)c1ccccc1. The van der Waals surface area contributed by atoms with Crippen molar-refractivity contribution < 1.29 is 23.9 Å². The molecule has 0 bridgehead atoms. The van der Waals surface area contributed by atoms with Gasteiger partial charge in [-0.15, -0.1) is 0 Å². The lowest BCUT2D eigenvalue weighted by atomic mass is 10.1. The lowest BCUT2D eigenvalue weighted by molar-refractivity contribution is -0.146. The van der Waals surface area contributed by atoms with E-state index in [0.717, 1.165) is 5.56 Å².